The van der Waals surface area contributed by atoms with Crippen molar-refractivity contribution >= 4 is 11.6 Å². The topological polar surface area (TPSA) is 99.3 Å². The fourth-order valence-electron chi connectivity index (χ4n) is 2.73. The number of nitro benzene ring substituents is 1. The third-order valence-corrected chi connectivity index (χ3v) is 4.29. The summed E-state index contributed by atoms with van der Waals surface area (Å²) in [5, 5.41) is 18.0. The number of nitro groups is 1. The summed E-state index contributed by atoms with van der Waals surface area (Å²) in [5.41, 5.74) is 0.789. The van der Waals surface area contributed by atoms with Crippen LogP contribution < -0.4 is 10.1 Å². The number of ether oxygens (including phenoxy) is 1. The molecule has 0 aliphatic heterocycles. The molecule has 8 nitrogen and oxygen atoms in total. The first-order valence-corrected chi connectivity index (χ1v) is 9.33. The van der Waals surface area contributed by atoms with Crippen molar-refractivity contribution in [2.24, 2.45) is 5.92 Å². The van der Waals surface area contributed by atoms with Gasteiger partial charge in [0, 0.05) is 18.2 Å². The molecule has 1 aromatic heterocycles. The Hall–Kier alpha value is -3.75. The number of amides is 1. The molecule has 3 aromatic rings. The van der Waals surface area contributed by atoms with Gasteiger partial charge in [-0.2, -0.15) is 9.78 Å². The Morgan fingerprint density at radius 1 is 1.27 bits per heavy atom. The van der Waals surface area contributed by atoms with Crippen molar-refractivity contribution in [1.29, 1.82) is 0 Å². The lowest BCUT2D eigenvalue weighted by Crippen LogP contribution is -2.28. The van der Waals surface area contributed by atoms with E-state index in [0.29, 0.717) is 17.8 Å². The number of benzene rings is 2. The van der Waals surface area contributed by atoms with Crippen molar-refractivity contribution in [3.05, 3.63) is 75.7 Å². The van der Waals surface area contributed by atoms with Crippen LogP contribution in [0.15, 0.2) is 48.5 Å². The minimum atomic E-state index is -0.893. The summed E-state index contributed by atoms with van der Waals surface area (Å²) >= 11 is 0. The van der Waals surface area contributed by atoms with Crippen molar-refractivity contribution in [3.63, 3.8) is 0 Å². The van der Waals surface area contributed by atoms with Gasteiger partial charge in [-0.25, -0.2) is 4.39 Å². The zero-order valence-electron chi connectivity index (χ0n) is 16.8. The van der Waals surface area contributed by atoms with E-state index in [9.17, 15) is 19.3 Å². The first-order valence-electron chi connectivity index (χ1n) is 9.33. The molecule has 0 aliphatic carbocycles. The summed E-state index contributed by atoms with van der Waals surface area (Å²) in [6.45, 7) is 6.07. The fraction of sp³-hybridized carbons (Fsp3) is 0.238. The van der Waals surface area contributed by atoms with E-state index in [1.54, 1.807) is 31.2 Å². The Bertz CT molecular complexity index is 1080. The van der Waals surface area contributed by atoms with Crippen LogP contribution in [0.1, 0.15) is 29.9 Å². The van der Waals surface area contributed by atoms with Crippen LogP contribution in [0.5, 0.6) is 11.6 Å². The maximum absolute atomic E-state index is 14.4. The lowest BCUT2D eigenvalue weighted by molar-refractivity contribution is -0.385. The van der Waals surface area contributed by atoms with Gasteiger partial charge < -0.3 is 10.1 Å². The van der Waals surface area contributed by atoms with Gasteiger partial charge in [0.05, 0.1) is 16.7 Å². The van der Waals surface area contributed by atoms with E-state index in [2.05, 4.69) is 10.4 Å². The molecular formula is C21H21FN4O4. The van der Waals surface area contributed by atoms with Crippen LogP contribution in [-0.2, 0) is 0 Å². The number of carbonyl (C=O) groups is 1. The van der Waals surface area contributed by atoms with E-state index >= 15 is 0 Å². The maximum atomic E-state index is 14.4. The first kappa shape index (κ1) is 21.0. The maximum Gasteiger partial charge on any atom is 0.272 e. The average molecular weight is 412 g/mol. The van der Waals surface area contributed by atoms with Gasteiger partial charge in [-0.3, -0.25) is 14.9 Å². The van der Waals surface area contributed by atoms with Crippen LogP contribution >= 0.6 is 0 Å². The van der Waals surface area contributed by atoms with E-state index in [1.165, 1.54) is 10.7 Å². The van der Waals surface area contributed by atoms with Gasteiger partial charge in [0.1, 0.15) is 0 Å². The molecule has 2 aromatic carbocycles. The molecule has 0 unspecified atom stereocenters. The van der Waals surface area contributed by atoms with Gasteiger partial charge in [-0.1, -0.05) is 32.0 Å². The number of nitrogens with one attached hydrogen (secondary N) is 1. The smallest absolute Gasteiger partial charge is 0.272 e. The summed E-state index contributed by atoms with van der Waals surface area (Å²) in [6.07, 6.45) is 0. The lowest BCUT2D eigenvalue weighted by Gasteiger charge is -2.10. The number of carbonyl (C=O) groups excluding carboxylic acids is 1. The number of non-ortho nitro benzene ring substituents is 1. The molecule has 0 saturated heterocycles. The molecule has 30 heavy (non-hydrogen) atoms. The normalized spacial score (nSPS) is 10.8. The van der Waals surface area contributed by atoms with Crippen molar-refractivity contribution in [2.75, 3.05) is 6.54 Å². The molecule has 0 bridgehead atoms. The van der Waals surface area contributed by atoms with Gasteiger partial charge in [0.2, 0.25) is 5.88 Å². The molecule has 3 rings (SSSR count). The van der Waals surface area contributed by atoms with E-state index < -0.39 is 10.7 Å². The number of para-hydroxylation sites is 1. The molecular weight excluding hydrogens is 391 g/mol. The number of hydrogen-bond acceptors (Lipinski definition) is 5. The van der Waals surface area contributed by atoms with E-state index in [0.717, 1.165) is 12.1 Å². The highest BCUT2D eigenvalue weighted by atomic mass is 19.1. The zero-order chi connectivity index (χ0) is 21.8. The number of nitrogens with zero attached hydrogens (tertiary/aromatic N) is 3. The summed E-state index contributed by atoms with van der Waals surface area (Å²) in [6, 6.07) is 12.0. The Labute approximate surface area is 172 Å². The molecule has 0 fully saturated rings. The number of hydrogen-bond donors (Lipinski definition) is 1. The van der Waals surface area contributed by atoms with Crippen LogP contribution in [0.3, 0.4) is 0 Å². The predicted octanol–water partition coefficient (Wildman–Crippen LogP) is 4.41. The van der Waals surface area contributed by atoms with Crippen molar-refractivity contribution < 1.29 is 18.8 Å². The van der Waals surface area contributed by atoms with Crippen molar-refractivity contribution in [1.82, 2.24) is 15.1 Å². The Morgan fingerprint density at radius 3 is 2.57 bits per heavy atom. The average Bonchev–Trinajstić information content (AvgIpc) is 3.04. The van der Waals surface area contributed by atoms with E-state index in [1.807, 2.05) is 19.9 Å². The number of aromatic nitrogens is 2. The molecule has 1 amide bonds. The zero-order valence-corrected chi connectivity index (χ0v) is 16.8. The number of rotatable bonds is 7. The number of halogens is 1. The highest BCUT2D eigenvalue weighted by molar-refractivity contribution is 5.94. The Kier molecular flexibility index (Phi) is 6.10. The van der Waals surface area contributed by atoms with Crippen LogP contribution in [0.2, 0.25) is 0 Å². The summed E-state index contributed by atoms with van der Waals surface area (Å²) in [4.78, 5) is 22.8. The van der Waals surface area contributed by atoms with E-state index in [4.69, 9.17) is 4.74 Å². The van der Waals surface area contributed by atoms with Crippen molar-refractivity contribution in [3.8, 4) is 17.3 Å². The second-order valence-corrected chi connectivity index (χ2v) is 7.10. The SMILES string of the molecule is Cc1c(C(=O)NCC(C)C)nn(-c2ccccc2)c1Oc1ccc([N+](=O)[O-])cc1F. The summed E-state index contributed by atoms with van der Waals surface area (Å²) in [7, 11) is 0. The second kappa shape index (κ2) is 8.73. The van der Waals surface area contributed by atoms with Crippen LogP contribution in [0.25, 0.3) is 5.69 Å². The molecule has 1 N–H and O–H groups in total. The predicted molar refractivity (Wildman–Crippen MR) is 109 cm³/mol. The standard InChI is InChI=1S/C21H21FN4O4/c1-13(2)12-23-20(27)19-14(3)21(25(24-19)15-7-5-4-6-8-15)30-18-10-9-16(26(28)29)11-17(18)22/h4-11,13H,12H2,1-3H3,(H,23,27). The van der Waals surface area contributed by atoms with E-state index in [-0.39, 0.29) is 34.8 Å². The molecule has 9 heteroatoms. The van der Waals surface area contributed by atoms with Gasteiger partial charge in [-0.05, 0) is 31.0 Å². The quantitative estimate of drug-likeness (QED) is 0.458. The third-order valence-electron chi connectivity index (χ3n) is 4.29. The molecule has 0 spiro atoms. The minimum Gasteiger partial charge on any atom is -0.436 e. The summed E-state index contributed by atoms with van der Waals surface area (Å²) in [5.74, 6) is -1.07. The lowest BCUT2D eigenvalue weighted by atomic mass is 10.2. The Balaban J connectivity index is 2.04. The highest BCUT2D eigenvalue weighted by Crippen LogP contribution is 2.32. The molecule has 156 valence electrons. The molecule has 0 radical (unpaired) electrons. The molecule has 0 atom stereocenters. The minimum absolute atomic E-state index is 0.142. The van der Waals surface area contributed by atoms with Gasteiger partial charge in [0.25, 0.3) is 11.6 Å². The van der Waals surface area contributed by atoms with Gasteiger partial charge >= 0.3 is 0 Å². The monoisotopic (exact) mass is 412 g/mol. The van der Waals surface area contributed by atoms with Crippen LogP contribution in [-0.4, -0.2) is 27.2 Å². The van der Waals surface area contributed by atoms with Crippen LogP contribution in [0.4, 0.5) is 10.1 Å². The third kappa shape index (κ3) is 4.45. The van der Waals surface area contributed by atoms with Gasteiger partial charge in [-0.15, -0.1) is 0 Å². The first-order chi connectivity index (χ1) is 14.3. The molecule has 0 saturated carbocycles. The van der Waals surface area contributed by atoms with Gasteiger partial charge in [0.15, 0.2) is 17.3 Å². The van der Waals surface area contributed by atoms with Crippen LogP contribution in [0, 0.1) is 28.8 Å². The largest absolute Gasteiger partial charge is 0.436 e. The highest BCUT2D eigenvalue weighted by Gasteiger charge is 2.24. The molecule has 1 heterocycles. The second-order valence-electron chi connectivity index (χ2n) is 7.10. The molecule has 0 aliphatic rings. The summed E-state index contributed by atoms with van der Waals surface area (Å²) < 4.78 is 21.5. The fourth-order valence-corrected chi connectivity index (χ4v) is 2.73. The Morgan fingerprint density at radius 2 is 1.97 bits per heavy atom. The van der Waals surface area contributed by atoms with Crippen molar-refractivity contribution in [2.45, 2.75) is 20.8 Å².